The second kappa shape index (κ2) is 9.26. The van der Waals surface area contributed by atoms with Gasteiger partial charge in [0.25, 0.3) is 0 Å². The summed E-state index contributed by atoms with van der Waals surface area (Å²) in [6, 6.07) is 48.6. The van der Waals surface area contributed by atoms with E-state index in [9.17, 15) is 0 Å². The van der Waals surface area contributed by atoms with Crippen LogP contribution in [0.3, 0.4) is 0 Å². The summed E-state index contributed by atoms with van der Waals surface area (Å²) in [5, 5.41) is 5.11. The highest BCUT2D eigenvalue weighted by atomic mass is 14.7. The average Bonchev–Trinajstić information content (AvgIpc) is 3.26. The zero-order valence-corrected chi connectivity index (χ0v) is 24.1. The zero-order valence-electron chi connectivity index (χ0n) is 24.1. The van der Waals surface area contributed by atoms with Gasteiger partial charge in [0.15, 0.2) is 0 Å². The van der Waals surface area contributed by atoms with E-state index in [0.29, 0.717) is 0 Å². The van der Waals surface area contributed by atoms with Crippen molar-refractivity contribution in [3.63, 3.8) is 0 Å². The van der Waals surface area contributed by atoms with Gasteiger partial charge in [-0.15, -0.1) is 0 Å². The van der Waals surface area contributed by atoms with E-state index in [1.54, 1.807) is 0 Å². The predicted molar refractivity (Wildman–Crippen MR) is 178 cm³/mol. The second-order valence-corrected chi connectivity index (χ2v) is 12.1. The van der Waals surface area contributed by atoms with Crippen LogP contribution in [0.25, 0.3) is 66.3 Å². The third-order valence-electron chi connectivity index (χ3n) is 9.21. The first-order valence-electron chi connectivity index (χ1n) is 14.7. The minimum Gasteiger partial charge on any atom is -0.247 e. The molecule has 0 aliphatic heterocycles. The van der Waals surface area contributed by atoms with Gasteiger partial charge in [0.05, 0.1) is 11.4 Å². The van der Waals surface area contributed by atoms with Gasteiger partial charge < -0.3 is 0 Å². The topological polar surface area (TPSA) is 12.9 Å². The van der Waals surface area contributed by atoms with Gasteiger partial charge in [0, 0.05) is 16.5 Å². The molecular formula is C41H31N. The van der Waals surface area contributed by atoms with Gasteiger partial charge in [0.1, 0.15) is 0 Å². The number of aryl methyl sites for hydroxylation is 1. The van der Waals surface area contributed by atoms with E-state index in [2.05, 4.69) is 154 Å². The molecule has 6 aromatic carbocycles. The van der Waals surface area contributed by atoms with Crippen LogP contribution >= 0.6 is 0 Å². The van der Waals surface area contributed by atoms with Crippen LogP contribution in [0.1, 0.15) is 30.5 Å². The molecule has 1 aromatic heterocycles. The molecule has 0 saturated carbocycles. The van der Waals surface area contributed by atoms with Gasteiger partial charge in [-0.25, -0.2) is 4.98 Å². The monoisotopic (exact) mass is 537 g/mol. The van der Waals surface area contributed by atoms with Crippen molar-refractivity contribution in [3.05, 3.63) is 150 Å². The van der Waals surface area contributed by atoms with E-state index in [0.717, 1.165) is 17.0 Å². The molecule has 0 amide bonds. The first-order chi connectivity index (χ1) is 20.5. The van der Waals surface area contributed by atoms with Crippen LogP contribution in [0.15, 0.2) is 133 Å². The molecule has 7 aromatic rings. The standard InChI is InChI=1S/C41H31N/c1-26-11-4-6-15-31(26)29-19-20-35-38(25-29)41(2,3)37-21-22-39(42-40(35)37)30-14-10-13-27(23-30)36-24-28-12-5-7-16-32(28)33-17-8-9-18-34(33)36/h4-25H,1-3H3. The Bertz CT molecular complexity index is 2180. The summed E-state index contributed by atoms with van der Waals surface area (Å²) in [5.74, 6) is 0. The largest absolute Gasteiger partial charge is 0.247 e. The molecule has 0 saturated heterocycles. The first kappa shape index (κ1) is 24.8. The number of rotatable bonds is 3. The number of benzene rings is 6. The molecule has 1 heteroatoms. The fourth-order valence-electron chi connectivity index (χ4n) is 6.95. The van der Waals surface area contributed by atoms with Gasteiger partial charge in [0.2, 0.25) is 0 Å². The van der Waals surface area contributed by atoms with Crippen LogP contribution in [-0.4, -0.2) is 4.98 Å². The van der Waals surface area contributed by atoms with Crippen LogP contribution in [0.5, 0.6) is 0 Å². The Morgan fingerprint density at radius 2 is 1.19 bits per heavy atom. The maximum absolute atomic E-state index is 5.33. The average molecular weight is 538 g/mol. The zero-order chi connectivity index (χ0) is 28.4. The van der Waals surface area contributed by atoms with Crippen molar-refractivity contribution in [1.82, 2.24) is 4.98 Å². The number of aromatic nitrogens is 1. The van der Waals surface area contributed by atoms with Crippen LogP contribution in [0.4, 0.5) is 0 Å². The first-order valence-corrected chi connectivity index (χ1v) is 14.7. The molecule has 1 heterocycles. The third-order valence-corrected chi connectivity index (χ3v) is 9.21. The van der Waals surface area contributed by atoms with Crippen LogP contribution in [0.2, 0.25) is 0 Å². The molecule has 200 valence electrons. The maximum Gasteiger partial charge on any atom is 0.0753 e. The Kier molecular flexibility index (Phi) is 5.46. The van der Waals surface area contributed by atoms with Gasteiger partial charge in [-0.3, -0.25) is 0 Å². The van der Waals surface area contributed by atoms with E-state index in [1.165, 1.54) is 66.1 Å². The molecule has 42 heavy (non-hydrogen) atoms. The van der Waals surface area contributed by atoms with E-state index < -0.39 is 0 Å². The lowest BCUT2D eigenvalue weighted by molar-refractivity contribution is 0.659. The molecule has 0 N–H and O–H groups in total. The summed E-state index contributed by atoms with van der Waals surface area (Å²) in [6.45, 7) is 6.84. The predicted octanol–water partition coefficient (Wildman–Crippen LogP) is 11.0. The van der Waals surface area contributed by atoms with Gasteiger partial charge in [-0.2, -0.15) is 0 Å². The number of hydrogen-bond donors (Lipinski definition) is 0. The Balaban J connectivity index is 1.25. The fourth-order valence-corrected chi connectivity index (χ4v) is 6.95. The highest BCUT2D eigenvalue weighted by molar-refractivity contribution is 6.13. The number of nitrogens with zero attached hydrogens (tertiary/aromatic N) is 1. The van der Waals surface area contributed by atoms with Crippen molar-refractivity contribution >= 4 is 21.5 Å². The lowest BCUT2D eigenvalue weighted by Crippen LogP contribution is -2.15. The quantitative estimate of drug-likeness (QED) is 0.204. The highest BCUT2D eigenvalue weighted by Crippen LogP contribution is 2.49. The normalized spacial score (nSPS) is 13.3. The van der Waals surface area contributed by atoms with Crippen molar-refractivity contribution in [2.24, 2.45) is 0 Å². The molecular weight excluding hydrogens is 506 g/mol. The van der Waals surface area contributed by atoms with Crippen LogP contribution in [0, 0.1) is 6.92 Å². The Morgan fingerprint density at radius 1 is 0.476 bits per heavy atom. The molecule has 0 radical (unpaired) electrons. The maximum atomic E-state index is 5.33. The lowest BCUT2D eigenvalue weighted by atomic mass is 9.81. The third kappa shape index (κ3) is 3.74. The molecule has 8 rings (SSSR count). The summed E-state index contributed by atoms with van der Waals surface area (Å²) in [7, 11) is 0. The molecule has 0 fully saturated rings. The number of hydrogen-bond acceptors (Lipinski definition) is 1. The van der Waals surface area contributed by atoms with Crippen molar-refractivity contribution in [2.45, 2.75) is 26.2 Å². The Hall–Kier alpha value is -5.01. The van der Waals surface area contributed by atoms with E-state index in [1.807, 2.05) is 0 Å². The minimum absolute atomic E-state index is 0.110. The summed E-state index contributed by atoms with van der Waals surface area (Å²) in [4.78, 5) is 5.33. The Labute approximate surface area is 247 Å². The lowest BCUT2D eigenvalue weighted by Gasteiger charge is -2.22. The van der Waals surface area contributed by atoms with E-state index in [4.69, 9.17) is 4.98 Å². The van der Waals surface area contributed by atoms with Crippen LogP contribution in [-0.2, 0) is 5.41 Å². The smallest absolute Gasteiger partial charge is 0.0753 e. The Morgan fingerprint density at radius 3 is 2.05 bits per heavy atom. The van der Waals surface area contributed by atoms with Gasteiger partial charge in [-0.1, -0.05) is 123 Å². The molecule has 1 aliphatic carbocycles. The summed E-state index contributed by atoms with van der Waals surface area (Å²) in [6.07, 6.45) is 0. The minimum atomic E-state index is -0.110. The van der Waals surface area contributed by atoms with Gasteiger partial charge >= 0.3 is 0 Å². The summed E-state index contributed by atoms with van der Waals surface area (Å²) < 4.78 is 0. The summed E-state index contributed by atoms with van der Waals surface area (Å²) in [5.41, 5.74) is 13.3. The SMILES string of the molecule is Cc1ccccc1-c1ccc2c(c1)C(C)(C)c1ccc(-c3cccc(-c4cc5ccccc5c5ccccc45)c3)nc1-2. The van der Waals surface area contributed by atoms with Crippen LogP contribution < -0.4 is 0 Å². The van der Waals surface area contributed by atoms with E-state index >= 15 is 0 Å². The van der Waals surface area contributed by atoms with Crippen molar-refractivity contribution in [1.29, 1.82) is 0 Å². The van der Waals surface area contributed by atoms with Crippen molar-refractivity contribution < 1.29 is 0 Å². The van der Waals surface area contributed by atoms with Crippen molar-refractivity contribution in [2.75, 3.05) is 0 Å². The molecule has 1 aliphatic rings. The molecule has 0 unspecified atom stereocenters. The highest BCUT2D eigenvalue weighted by Gasteiger charge is 2.37. The number of pyridine rings is 1. The van der Waals surface area contributed by atoms with E-state index in [-0.39, 0.29) is 5.41 Å². The fraction of sp³-hybridized carbons (Fsp3) is 0.0976. The second-order valence-electron chi connectivity index (χ2n) is 12.1. The molecule has 0 atom stereocenters. The number of fused-ring (bicyclic) bond motifs is 6. The van der Waals surface area contributed by atoms with Crippen molar-refractivity contribution in [3.8, 4) is 44.8 Å². The molecule has 0 bridgehead atoms. The molecule has 0 spiro atoms. The van der Waals surface area contributed by atoms with Gasteiger partial charge in [-0.05, 0) is 91.7 Å². The summed E-state index contributed by atoms with van der Waals surface area (Å²) >= 11 is 0. The molecule has 1 nitrogen and oxygen atoms in total.